The summed E-state index contributed by atoms with van der Waals surface area (Å²) in [6, 6.07) is 10.00. The number of methoxy groups -OCH3 is 1. The summed E-state index contributed by atoms with van der Waals surface area (Å²) in [6.07, 6.45) is 2.34. The van der Waals surface area contributed by atoms with Crippen LogP contribution in [0.5, 0.6) is 5.75 Å². The Balaban J connectivity index is 1.45. The molecule has 0 spiro atoms. The van der Waals surface area contributed by atoms with E-state index in [1.807, 2.05) is 34.1 Å². The molecule has 2 aliphatic heterocycles. The summed E-state index contributed by atoms with van der Waals surface area (Å²) in [7, 11) is 1.57. The van der Waals surface area contributed by atoms with Crippen LogP contribution >= 0.6 is 11.3 Å². The lowest BCUT2D eigenvalue weighted by Gasteiger charge is -2.37. The quantitative estimate of drug-likeness (QED) is 0.524. The van der Waals surface area contributed by atoms with Gasteiger partial charge in [0.1, 0.15) is 12.4 Å². The molecule has 0 saturated carbocycles. The highest BCUT2D eigenvalue weighted by Gasteiger charge is 2.33. The van der Waals surface area contributed by atoms with Crippen molar-refractivity contribution in [1.82, 2.24) is 9.80 Å². The minimum Gasteiger partial charge on any atom is -0.491 e. The Bertz CT molecular complexity index is 912. The van der Waals surface area contributed by atoms with Crippen LogP contribution in [0.15, 0.2) is 35.7 Å². The smallest absolute Gasteiger partial charge is 0.237 e. The average Bonchev–Trinajstić information content (AvgIpc) is 3.50. The summed E-state index contributed by atoms with van der Waals surface area (Å²) in [4.78, 5) is 18.9. The molecule has 2 aliphatic rings. The molecule has 1 amide bonds. The van der Waals surface area contributed by atoms with Crippen LogP contribution in [-0.4, -0.2) is 86.1 Å². The lowest BCUT2D eigenvalue weighted by Crippen LogP contribution is -2.49. The second kappa shape index (κ2) is 12.1. The molecule has 1 saturated heterocycles. The maximum Gasteiger partial charge on any atom is 0.237 e. The monoisotopic (exact) mass is 488 g/mol. The molecule has 1 aromatic heterocycles. The van der Waals surface area contributed by atoms with Crippen molar-refractivity contribution in [3.63, 3.8) is 0 Å². The van der Waals surface area contributed by atoms with Gasteiger partial charge in [-0.25, -0.2) is 0 Å². The van der Waals surface area contributed by atoms with Gasteiger partial charge in [-0.2, -0.15) is 0 Å². The number of ether oxygens (including phenoxy) is 3. The molecule has 34 heavy (non-hydrogen) atoms. The van der Waals surface area contributed by atoms with E-state index in [9.17, 15) is 9.90 Å². The summed E-state index contributed by atoms with van der Waals surface area (Å²) in [6.45, 7) is 5.38. The maximum absolute atomic E-state index is 13.6. The molecule has 1 N–H and O–H groups in total. The van der Waals surface area contributed by atoms with Crippen molar-refractivity contribution < 1.29 is 24.1 Å². The third-order valence-electron chi connectivity index (χ3n) is 6.52. The number of hydrogen-bond donors (Lipinski definition) is 1. The van der Waals surface area contributed by atoms with E-state index in [0.717, 1.165) is 31.6 Å². The van der Waals surface area contributed by atoms with Crippen LogP contribution in [0.4, 0.5) is 0 Å². The zero-order valence-corrected chi connectivity index (χ0v) is 21.0. The van der Waals surface area contributed by atoms with E-state index in [0.29, 0.717) is 26.2 Å². The van der Waals surface area contributed by atoms with E-state index in [1.54, 1.807) is 18.4 Å². The Morgan fingerprint density at radius 1 is 1.32 bits per heavy atom. The molecule has 8 heteroatoms. The normalized spacial score (nSPS) is 21.0. The Kier molecular flexibility index (Phi) is 8.97. The number of hydrogen-bond acceptors (Lipinski definition) is 7. The third-order valence-corrected chi connectivity index (χ3v) is 7.51. The molecule has 0 bridgehead atoms. The first kappa shape index (κ1) is 25.1. The molecule has 0 aliphatic carbocycles. The summed E-state index contributed by atoms with van der Waals surface area (Å²) < 4.78 is 17.0. The molecule has 1 aromatic carbocycles. The van der Waals surface area contributed by atoms with Crippen LogP contribution in [0.25, 0.3) is 0 Å². The van der Waals surface area contributed by atoms with Crippen LogP contribution in [0.2, 0.25) is 0 Å². The van der Waals surface area contributed by atoms with Crippen LogP contribution in [0.3, 0.4) is 0 Å². The minimum atomic E-state index is -0.648. The Hall–Kier alpha value is -1.97. The summed E-state index contributed by atoms with van der Waals surface area (Å²) in [5.74, 6) is 0.861. The van der Waals surface area contributed by atoms with Crippen molar-refractivity contribution in [1.29, 1.82) is 0 Å². The molecular formula is C26H36N2O5S. The van der Waals surface area contributed by atoms with Crippen LogP contribution in [0, 0.1) is 6.92 Å². The van der Waals surface area contributed by atoms with Crippen molar-refractivity contribution in [3.05, 3.63) is 51.7 Å². The largest absolute Gasteiger partial charge is 0.491 e. The number of nitrogens with zero attached hydrogens (tertiary/aromatic N) is 2. The van der Waals surface area contributed by atoms with Crippen LogP contribution < -0.4 is 4.74 Å². The van der Waals surface area contributed by atoms with Crippen molar-refractivity contribution in [2.75, 3.05) is 53.1 Å². The first-order valence-electron chi connectivity index (χ1n) is 12.1. The van der Waals surface area contributed by atoms with E-state index in [2.05, 4.69) is 18.4 Å². The Labute approximate surface area is 206 Å². The molecular weight excluding hydrogens is 452 g/mol. The summed E-state index contributed by atoms with van der Waals surface area (Å²) >= 11 is 1.75. The molecule has 1 fully saturated rings. The van der Waals surface area contributed by atoms with Crippen molar-refractivity contribution in [2.45, 2.75) is 44.4 Å². The second-order valence-corrected chi connectivity index (χ2v) is 10.2. The van der Waals surface area contributed by atoms with E-state index >= 15 is 0 Å². The number of aliphatic hydroxyl groups is 1. The number of thiophene rings is 1. The summed E-state index contributed by atoms with van der Waals surface area (Å²) in [5, 5.41) is 12.4. The van der Waals surface area contributed by atoms with E-state index in [4.69, 9.17) is 14.2 Å². The number of carbonyl (C=O) groups excluding carboxylic acids is 1. The fourth-order valence-electron chi connectivity index (χ4n) is 4.79. The van der Waals surface area contributed by atoms with Gasteiger partial charge in [0.05, 0.1) is 31.4 Å². The molecule has 186 valence electrons. The highest BCUT2D eigenvalue weighted by Crippen LogP contribution is 2.34. The zero-order valence-electron chi connectivity index (χ0n) is 20.2. The zero-order chi connectivity index (χ0) is 23.9. The number of amides is 1. The predicted octanol–water partition coefficient (Wildman–Crippen LogP) is 3.05. The van der Waals surface area contributed by atoms with Gasteiger partial charge in [-0.1, -0.05) is 17.7 Å². The van der Waals surface area contributed by atoms with Crippen molar-refractivity contribution >= 4 is 17.2 Å². The summed E-state index contributed by atoms with van der Waals surface area (Å²) in [5.41, 5.74) is 2.37. The third kappa shape index (κ3) is 6.58. The molecule has 4 rings (SSSR count). The van der Waals surface area contributed by atoms with Gasteiger partial charge in [0.25, 0.3) is 0 Å². The molecule has 3 atom stereocenters. The van der Waals surface area contributed by atoms with Crippen LogP contribution in [0.1, 0.15) is 34.9 Å². The highest BCUT2D eigenvalue weighted by molar-refractivity contribution is 7.10. The number of rotatable bonds is 11. The van der Waals surface area contributed by atoms with Gasteiger partial charge in [-0.15, -0.1) is 11.3 Å². The van der Waals surface area contributed by atoms with Gasteiger partial charge in [0, 0.05) is 38.2 Å². The molecule has 3 heterocycles. The van der Waals surface area contributed by atoms with E-state index < -0.39 is 6.10 Å². The Morgan fingerprint density at radius 3 is 2.88 bits per heavy atom. The molecule has 0 unspecified atom stereocenters. The van der Waals surface area contributed by atoms with Crippen molar-refractivity contribution in [3.8, 4) is 5.75 Å². The number of carbonyl (C=O) groups is 1. The number of aliphatic hydroxyl groups excluding tert-OH is 1. The van der Waals surface area contributed by atoms with Crippen LogP contribution in [-0.2, 0) is 20.7 Å². The van der Waals surface area contributed by atoms with Crippen molar-refractivity contribution in [2.24, 2.45) is 0 Å². The number of benzene rings is 1. The van der Waals surface area contributed by atoms with E-state index in [-0.39, 0.29) is 31.2 Å². The first-order chi connectivity index (χ1) is 16.5. The SMILES string of the molecule is COC[C@H](O)CN(CC(=O)N1CCc2sccc2[C@@H]1COc1ccc(C)cc1)C[C@H]1CCCO1. The fraction of sp³-hybridized carbons (Fsp3) is 0.577. The number of aryl methyl sites for hydroxylation is 1. The van der Waals surface area contributed by atoms with Gasteiger partial charge in [0.2, 0.25) is 5.91 Å². The van der Waals surface area contributed by atoms with Gasteiger partial charge in [0.15, 0.2) is 0 Å². The van der Waals surface area contributed by atoms with E-state index in [1.165, 1.54) is 16.0 Å². The minimum absolute atomic E-state index is 0.0527. The highest BCUT2D eigenvalue weighted by atomic mass is 32.1. The predicted molar refractivity (Wildman–Crippen MR) is 132 cm³/mol. The van der Waals surface area contributed by atoms with Gasteiger partial charge in [-0.3, -0.25) is 9.69 Å². The molecule has 2 aromatic rings. The van der Waals surface area contributed by atoms with Gasteiger partial charge >= 0.3 is 0 Å². The average molecular weight is 489 g/mol. The second-order valence-electron chi connectivity index (χ2n) is 9.21. The topological polar surface area (TPSA) is 71.5 Å². The first-order valence-corrected chi connectivity index (χ1v) is 13.0. The van der Waals surface area contributed by atoms with Gasteiger partial charge in [-0.05, 0) is 55.3 Å². The standard InChI is InChI=1S/C26H36N2O5S/c1-19-5-7-21(8-6-19)33-18-24-23-10-13-34-25(23)9-11-28(24)26(30)16-27(14-20(29)17-31-2)15-22-4-3-12-32-22/h5-8,10,13,20,22,24,29H,3-4,9,11-12,14-18H2,1-2H3/t20-,22-,24+/m1/s1. The lowest BCUT2D eigenvalue weighted by molar-refractivity contribution is -0.137. The fourth-order valence-corrected chi connectivity index (χ4v) is 5.72. The maximum atomic E-state index is 13.6. The lowest BCUT2D eigenvalue weighted by atomic mass is 10.0. The molecule has 0 radical (unpaired) electrons. The molecule has 7 nitrogen and oxygen atoms in total. The van der Waals surface area contributed by atoms with Gasteiger partial charge < -0.3 is 24.2 Å². The Morgan fingerprint density at radius 2 is 2.15 bits per heavy atom. The number of fused-ring (bicyclic) bond motifs is 1.